The van der Waals surface area contributed by atoms with E-state index in [2.05, 4.69) is 5.10 Å². The summed E-state index contributed by atoms with van der Waals surface area (Å²) in [7, 11) is 3.15. The summed E-state index contributed by atoms with van der Waals surface area (Å²) in [5.74, 6) is -0.562. The summed E-state index contributed by atoms with van der Waals surface area (Å²) in [6.07, 6.45) is 0.548. The van der Waals surface area contributed by atoms with Crippen LogP contribution in [0.1, 0.15) is 32.1 Å². The summed E-state index contributed by atoms with van der Waals surface area (Å²) in [4.78, 5) is 25.7. The van der Waals surface area contributed by atoms with Gasteiger partial charge < -0.3 is 14.7 Å². The molecule has 120 valence electrons. The van der Waals surface area contributed by atoms with Gasteiger partial charge in [0, 0.05) is 31.1 Å². The number of aromatic carboxylic acids is 1. The number of aryl methyl sites for hydroxylation is 1. The number of carbonyl (C=O) groups excluding carboxylic acids is 1. The highest BCUT2D eigenvalue weighted by atomic mass is 16.5. The highest BCUT2D eigenvalue weighted by Crippen LogP contribution is 2.24. The van der Waals surface area contributed by atoms with Gasteiger partial charge in [0.1, 0.15) is 5.75 Å². The Morgan fingerprint density at radius 1 is 1.35 bits per heavy atom. The average Bonchev–Trinajstić information content (AvgIpc) is 2.89. The fraction of sp³-hybridized carbons (Fsp3) is 0.312. The van der Waals surface area contributed by atoms with Crippen LogP contribution in [0, 0.1) is 0 Å². The van der Waals surface area contributed by atoms with Gasteiger partial charge in [-0.2, -0.15) is 5.10 Å². The highest BCUT2D eigenvalue weighted by molar-refractivity contribution is 5.95. The summed E-state index contributed by atoms with van der Waals surface area (Å²) in [5, 5.41) is 13.6. The van der Waals surface area contributed by atoms with Gasteiger partial charge in [0.2, 0.25) is 0 Å². The molecule has 1 aliphatic rings. The standard InChI is InChI=1S/C16H17N3O4/c1-18-14(16(21)22)12-9-19(7-6-13(12)17-18)15(20)10-4-3-5-11(8-10)23-2/h3-5,8H,6-7,9H2,1-2H3,(H,21,22). The van der Waals surface area contributed by atoms with Crippen molar-refractivity contribution < 1.29 is 19.4 Å². The molecule has 2 aromatic rings. The molecule has 0 radical (unpaired) electrons. The van der Waals surface area contributed by atoms with Crippen molar-refractivity contribution in [3.05, 3.63) is 46.8 Å². The van der Waals surface area contributed by atoms with Gasteiger partial charge in [-0.05, 0) is 18.2 Å². The van der Waals surface area contributed by atoms with Crippen molar-refractivity contribution in [3.8, 4) is 5.75 Å². The number of carboxylic acid groups (broad SMARTS) is 1. The summed E-state index contributed by atoms with van der Waals surface area (Å²) in [6, 6.07) is 6.93. The van der Waals surface area contributed by atoms with Crippen molar-refractivity contribution in [2.45, 2.75) is 13.0 Å². The molecule has 0 saturated heterocycles. The third kappa shape index (κ3) is 2.65. The van der Waals surface area contributed by atoms with Crippen LogP contribution in [0.5, 0.6) is 5.75 Å². The molecular formula is C16H17N3O4. The maximum absolute atomic E-state index is 12.7. The molecule has 0 spiro atoms. The van der Waals surface area contributed by atoms with E-state index >= 15 is 0 Å². The number of ether oxygens (including phenoxy) is 1. The number of carboxylic acids is 1. The maximum atomic E-state index is 12.7. The second-order valence-corrected chi connectivity index (χ2v) is 5.41. The van der Waals surface area contributed by atoms with E-state index in [-0.39, 0.29) is 18.1 Å². The number of hydrogen-bond acceptors (Lipinski definition) is 4. The molecule has 0 aliphatic carbocycles. The lowest BCUT2D eigenvalue weighted by Gasteiger charge is -2.26. The number of carbonyl (C=O) groups is 2. The van der Waals surface area contributed by atoms with Gasteiger partial charge >= 0.3 is 5.97 Å². The van der Waals surface area contributed by atoms with Crippen molar-refractivity contribution in [1.29, 1.82) is 0 Å². The minimum absolute atomic E-state index is 0.142. The van der Waals surface area contributed by atoms with Crippen LogP contribution in [0.4, 0.5) is 0 Å². The Morgan fingerprint density at radius 3 is 2.83 bits per heavy atom. The SMILES string of the molecule is COc1cccc(C(=O)N2CCc3nn(C)c(C(=O)O)c3C2)c1. The molecule has 0 atom stereocenters. The second-order valence-electron chi connectivity index (χ2n) is 5.41. The van der Waals surface area contributed by atoms with E-state index in [1.54, 1.807) is 43.3 Å². The zero-order valence-electron chi connectivity index (χ0n) is 12.9. The van der Waals surface area contributed by atoms with Gasteiger partial charge in [-0.3, -0.25) is 9.48 Å². The fourth-order valence-corrected chi connectivity index (χ4v) is 2.88. The van der Waals surface area contributed by atoms with Crippen LogP contribution >= 0.6 is 0 Å². The number of nitrogens with zero attached hydrogens (tertiary/aromatic N) is 3. The summed E-state index contributed by atoms with van der Waals surface area (Å²) in [6.45, 7) is 0.764. The van der Waals surface area contributed by atoms with Crippen molar-refractivity contribution in [2.24, 2.45) is 7.05 Å². The molecule has 1 aromatic heterocycles. The topological polar surface area (TPSA) is 84.7 Å². The summed E-state index contributed by atoms with van der Waals surface area (Å²) >= 11 is 0. The molecule has 23 heavy (non-hydrogen) atoms. The lowest BCUT2D eigenvalue weighted by atomic mass is 10.0. The third-order valence-corrected chi connectivity index (χ3v) is 4.00. The zero-order chi connectivity index (χ0) is 16.6. The Bertz CT molecular complexity index is 782. The van der Waals surface area contributed by atoms with Crippen molar-refractivity contribution in [1.82, 2.24) is 14.7 Å². The van der Waals surface area contributed by atoms with E-state index in [4.69, 9.17) is 4.74 Å². The number of methoxy groups -OCH3 is 1. The average molecular weight is 315 g/mol. The molecule has 0 bridgehead atoms. The van der Waals surface area contributed by atoms with E-state index in [1.807, 2.05) is 0 Å². The predicted molar refractivity (Wildman–Crippen MR) is 81.6 cm³/mol. The minimum Gasteiger partial charge on any atom is -0.497 e. The first-order valence-electron chi connectivity index (χ1n) is 7.22. The van der Waals surface area contributed by atoms with Crippen LogP contribution < -0.4 is 4.74 Å². The number of fused-ring (bicyclic) bond motifs is 1. The second kappa shape index (κ2) is 5.75. The van der Waals surface area contributed by atoms with Crippen molar-refractivity contribution >= 4 is 11.9 Å². The highest BCUT2D eigenvalue weighted by Gasteiger charge is 2.29. The Labute approximate surface area is 133 Å². The van der Waals surface area contributed by atoms with Gasteiger partial charge in [0.05, 0.1) is 19.3 Å². The van der Waals surface area contributed by atoms with Gasteiger partial charge in [0.15, 0.2) is 5.69 Å². The Kier molecular flexibility index (Phi) is 3.77. The number of hydrogen-bond donors (Lipinski definition) is 1. The lowest BCUT2D eigenvalue weighted by molar-refractivity contribution is 0.0669. The molecule has 1 amide bonds. The number of amides is 1. The third-order valence-electron chi connectivity index (χ3n) is 4.00. The summed E-state index contributed by atoms with van der Waals surface area (Å²) in [5.41, 5.74) is 2.03. The molecule has 7 nitrogen and oxygen atoms in total. The van der Waals surface area contributed by atoms with Crippen LogP contribution in [0.15, 0.2) is 24.3 Å². The van der Waals surface area contributed by atoms with Crippen LogP contribution in [0.3, 0.4) is 0 Å². The Balaban J connectivity index is 1.89. The van der Waals surface area contributed by atoms with Gasteiger partial charge in [-0.25, -0.2) is 4.79 Å². The van der Waals surface area contributed by atoms with E-state index in [0.717, 1.165) is 5.69 Å². The van der Waals surface area contributed by atoms with E-state index < -0.39 is 5.97 Å². The fourth-order valence-electron chi connectivity index (χ4n) is 2.88. The number of benzene rings is 1. The molecule has 0 saturated carbocycles. The van der Waals surface area contributed by atoms with Crippen molar-refractivity contribution in [3.63, 3.8) is 0 Å². The van der Waals surface area contributed by atoms with Crippen LogP contribution in [-0.2, 0) is 20.0 Å². The first-order chi connectivity index (χ1) is 11.0. The molecule has 0 fully saturated rings. The molecule has 0 unspecified atom stereocenters. The number of aromatic nitrogens is 2. The van der Waals surface area contributed by atoms with E-state index in [1.165, 1.54) is 4.68 Å². The van der Waals surface area contributed by atoms with Crippen molar-refractivity contribution in [2.75, 3.05) is 13.7 Å². The molecule has 2 heterocycles. The van der Waals surface area contributed by atoms with E-state index in [0.29, 0.717) is 29.8 Å². The molecule has 1 aromatic carbocycles. The minimum atomic E-state index is -1.03. The quantitative estimate of drug-likeness (QED) is 0.923. The summed E-state index contributed by atoms with van der Waals surface area (Å²) < 4.78 is 6.51. The molecule has 1 N–H and O–H groups in total. The first kappa shape index (κ1) is 15.1. The first-order valence-corrected chi connectivity index (χ1v) is 7.22. The smallest absolute Gasteiger partial charge is 0.354 e. The zero-order valence-corrected chi connectivity index (χ0v) is 12.9. The molecule has 3 rings (SSSR count). The van der Waals surface area contributed by atoms with Crippen LogP contribution in [0.25, 0.3) is 0 Å². The monoisotopic (exact) mass is 315 g/mol. The Hall–Kier alpha value is -2.83. The van der Waals surface area contributed by atoms with E-state index in [9.17, 15) is 14.7 Å². The normalized spacial score (nSPS) is 13.6. The van der Waals surface area contributed by atoms with Gasteiger partial charge in [0.25, 0.3) is 5.91 Å². The maximum Gasteiger partial charge on any atom is 0.354 e. The van der Waals surface area contributed by atoms with Crippen LogP contribution in [-0.4, -0.2) is 45.3 Å². The molecule has 7 heteroatoms. The van der Waals surface area contributed by atoms with Gasteiger partial charge in [-0.15, -0.1) is 0 Å². The van der Waals surface area contributed by atoms with Crippen LogP contribution in [0.2, 0.25) is 0 Å². The largest absolute Gasteiger partial charge is 0.497 e. The predicted octanol–water partition coefficient (Wildman–Crippen LogP) is 1.33. The van der Waals surface area contributed by atoms with Gasteiger partial charge in [-0.1, -0.05) is 6.07 Å². The molecular weight excluding hydrogens is 298 g/mol. The lowest BCUT2D eigenvalue weighted by Crippen LogP contribution is -2.36. The molecule has 1 aliphatic heterocycles. The number of rotatable bonds is 3. The Morgan fingerprint density at radius 2 is 2.13 bits per heavy atom.